The lowest BCUT2D eigenvalue weighted by Crippen LogP contribution is -2.55. The molecule has 0 amide bonds. The molecule has 0 saturated carbocycles. The fraction of sp³-hybridized carbons (Fsp3) is 0.867. The van der Waals surface area contributed by atoms with Gasteiger partial charge in [0, 0.05) is 18.1 Å². The van der Waals surface area contributed by atoms with E-state index in [-0.39, 0.29) is 0 Å². The van der Waals surface area contributed by atoms with E-state index in [1.54, 1.807) is 7.11 Å². The highest BCUT2D eigenvalue weighted by Gasteiger charge is 2.29. The van der Waals surface area contributed by atoms with Crippen LogP contribution in [0, 0.1) is 0 Å². The van der Waals surface area contributed by atoms with Crippen LogP contribution in [-0.4, -0.2) is 31.8 Å². The SMILES string of the molecule is CO/C(C)=C(/C)C1CCCC(C2CCCCN2)N1. The van der Waals surface area contributed by atoms with Crippen molar-refractivity contribution in [3.63, 3.8) is 0 Å². The molecule has 3 nitrogen and oxygen atoms in total. The van der Waals surface area contributed by atoms with Crippen LogP contribution in [0.5, 0.6) is 0 Å². The normalized spacial score (nSPS) is 34.9. The Morgan fingerprint density at radius 2 is 1.78 bits per heavy atom. The van der Waals surface area contributed by atoms with Crippen molar-refractivity contribution in [1.82, 2.24) is 10.6 Å². The minimum absolute atomic E-state index is 0.507. The van der Waals surface area contributed by atoms with E-state index < -0.39 is 0 Å². The topological polar surface area (TPSA) is 33.3 Å². The maximum atomic E-state index is 5.37. The van der Waals surface area contributed by atoms with Crippen LogP contribution in [0.25, 0.3) is 0 Å². The smallest absolute Gasteiger partial charge is 0.0929 e. The number of hydrogen-bond acceptors (Lipinski definition) is 3. The Morgan fingerprint density at radius 1 is 1.00 bits per heavy atom. The average Bonchev–Trinajstić information content (AvgIpc) is 2.46. The summed E-state index contributed by atoms with van der Waals surface area (Å²) in [7, 11) is 1.77. The van der Waals surface area contributed by atoms with E-state index in [0.29, 0.717) is 18.1 Å². The molecule has 2 fully saturated rings. The van der Waals surface area contributed by atoms with E-state index in [4.69, 9.17) is 4.74 Å². The highest BCUT2D eigenvalue weighted by molar-refractivity contribution is 5.13. The Hall–Kier alpha value is -0.540. The summed E-state index contributed by atoms with van der Waals surface area (Å²) in [6.07, 6.45) is 7.94. The van der Waals surface area contributed by atoms with Gasteiger partial charge >= 0.3 is 0 Å². The third kappa shape index (κ3) is 3.27. The van der Waals surface area contributed by atoms with Crippen LogP contribution in [0.1, 0.15) is 52.4 Å². The average molecular weight is 252 g/mol. The van der Waals surface area contributed by atoms with Crippen molar-refractivity contribution in [1.29, 1.82) is 0 Å². The van der Waals surface area contributed by atoms with Crippen molar-refractivity contribution in [2.75, 3.05) is 13.7 Å². The Labute approximate surface area is 111 Å². The number of ether oxygens (including phenoxy) is 1. The van der Waals surface area contributed by atoms with Gasteiger partial charge in [0.2, 0.25) is 0 Å². The van der Waals surface area contributed by atoms with Crippen molar-refractivity contribution in [3.8, 4) is 0 Å². The molecule has 3 unspecified atom stereocenters. The number of allylic oxidation sites excluding steroid dienone is 1. The standard InChI is InChI=1S/C15H28N2O/c1-11(12(2)18-3)13-8-6-9-15(17-13)14-7-4-5-10-16-14/h13-17H,4-10H2,1-3H3/b12-11-. The van der Waals surface area contributed by atoms with Crippen LogP contribution < -0.4 is 10.6 Å². The summed E-state index contributed by atoms with van der Waals surface area (Å²) in [5.41, 5.74) is 1.37. The van der Waals surface area contributed by atoms with Crippen LogP contribution >= 0.6 is 0 Å². The number of hydrogen-bond donors (Lipinski definition) is 2. The lowest BCUT2D eigenvalue weighted by Gasteiger charge is -2.39. The molecule has 2 rings (SSSR count). The highest BCUT2D eigenvalue weighted by Crippen LogP contribution is 2.24. The van der Waals surface area contributed by atoms with Gasteiger partial charge in [0.25, 0.3) is 0 Å². The summed E-state index contributed by atoms with van der Waals surface area (Å²) in [6.45, 7) is 5.46. The summed E-state index contributed by atoms with van der Waals surface area (Å²) < 4.78 is 5.37. The van der Waals surface area contributed by atoms with E-state index in [1.807, 2.05) is 0 Å². The van der Waals surface area contributed by atoms with Crippen LogP contribution in [-0.2, 0) is 4.74 Å². The van der Waals surface area contributed by atoms with Gasteiger partial charge in [-0.15, -0.1) is 0 Å². The zero-order valence-corrected chi connectivity index (χ0v) is 12.1. The maximum absolute atomic E-state index is 5.37. The van der Waals surface area contributed by atoms with Gasteiger partial charge in [-0.2, -0.15) is 0 Å². The number of rotatable bonds is 3. The summed E-state index contributed by atoms with van der Waals surface area (Å²) in [4.78, 5) is 0. The Kier molecular flexibility index (Phi) is 5.07. The molecule has 0 aromatic heterocycles. The fourth-order valence-electron chi connectivity index (χ4n) is 3.25. The molecular weight excluding hydrogens is 224 g/mol. The van der Waals surface area contributed by atoms with E-state index >= 15 is 0 Å². The number of piperidine rings is 2. The minimum atomic E-state index is 0.507. The first-order chi connectivity index (χ1) is 8.72. The molecule has 2 heterocycles. The van der Waals surface area contributed by atoms with Gasteiger partial charge in [0.15, 0.2) is 0 Å². The molecule has 0 aromatic rings. The molecule has 3 atom stereocenters. The van der Waals surface area contributed by atoms with Crippen molar-refractivity contribution >= 4 is 0 Å². The molecule has 2 N–H and O–H groups in total. The molecule has 104 valence electrons. The number of methoxy groups -OCH3 is 1. The minimum Gasteiger partial charge on any atom is -0.501 e. The molecule has 2 aliphatic heterocycles. The van der Waals surface area contributed by atoms with Crippen LogP contribution in [0.15, 0.2) is 11.3 Å². The van der Waals surface area contributed by atoms with E-state index in [2.05, 4.69) is 24.5 Å². The van der Waals surface area contributed by atoms with Gasteiger partial charge in [-0.25, -0.2) is 0 Å². The van der Waals surface area contributed by atoms with E-state index in [0.717, 1.165) is 5.76 Å². The largest absolute Gasteiger partial charge is 0.501 e. The third-order valence-corrected chi connectivity index (χ3v) is 4.64. The second-order valence-corrected chi connectivity index (χ2v) is 5.76. The van der Waals surface area contributed by atoms with Gasteiger partial charge in [-0.3, -0.25) is 0 Å². The summed E-state index contributed by atoms with van der Waals surface area (Å²) >= 11 is 0. The van der Waals surface area contributed by atoms with Crippen LogP contribution in [0.2, 0.25) is 0 Å². The molecule has 0 spiro atoms. The molecule has 3 heteroatoms. The predicted molar refractivity (Wildman–Crippen MR) is 75.6 cm³/mol. The van der Waals surface area contributed by atoms with Crippen molar-refractivity contribution in [2.45, 2.75) is 70.5 Å². The predicted octanol–water partition coefficient (Wildman–Crippen LogP) is 2.58. The first-order valence-electron chi connectivity index (χ1n) is 7.43. The van der Waals surface area contributed by atoms with E-state index in [9.17, 15) is 0 Å². The summed E-state index contributed by atoms with van der Waals surface area (Å²) in [6, 6.07) is 1.83. The second kappa shape index (κ2) is 6.58. The van der Waals surface area contributed by atoms with Gasteiger partial charge in [-0.05, 0) is 58.1 Å². The molecule has 18 heavy (non-hydrogen) atoms. The molecular formula is C15H28N2O. The molecule has 0 radical (unpaired) electrons. The lowest BCUT2D eigenvalue weighted by molar-refractivity contribution is 0.238. The highest BCUT2D eigenvalue weighted by atomic mass is 16.5. The first kappa shape index (κ1) is 13.9. The van der Waals surface area contributed by atoms with Gasteiger partial charge < -0.3 is 15.4 Å². The van der Waals surface area contributed by atoms with Crippen LogP contribution in [0.4, 0.5) is 0 Å². The molecule has 2 saturated heterocycles. The molecule has 2 aliphatic rings. The van der Waals surface area contributed by atoms with Crippen molar-refractivity contribution < 1.29 is 4.74 Å². The van der Waals surface area contributed by atoms with Crippen molar-refractivity contribution in [2.24, 2.45) is 0 Å². The Bertz CT molecular complexity index is 295. The third-order valence-electron chi connectivity index (χ3n) is 4.64. The zero-order chi connectivity index (χ0) is 13.0. The maximum Gasteiger partial charge on any atom is 0.0929 e. The van der Waals surface area contributed by atoms with Gasteiger partial charge in [-0.1, -0.05) is 6.42 Å². The van der Waals surface area contributed by atoms with Crippen LogP contribution in [0.3, 0.4) is 0 Å². The Morgan fingerprint density at radius 3 is 2.44 bits per heavy atom. The Balaban J connectivity index is 1.95. The van der Waals surface area contributed by atoms with Crippen molar-refractivity contribution in [3.05, 3.63) is 11.3 Å². The van der Waals surface area contributed by atoms with E-state index in [1.165, 1.54) is 50.6 Å². The van der Waals surface area contributed by atoms with Gasteiger partial charge in [0.05, 0.1) is 12.9 Å². The quantitative estimate of drug-likeness (QED) is 0.757. The molecule has 0 aliphatic carbocycles. The fourth-order valence-corrected chi connectivity index (χ4v) is 3.25. The monoisotopic (exact) mass is 252 g/mol. The number of nitrogens with one attached hydrogen (secondary N) is 2. The summed E-state index contributed by atoms with van der Waals surface area (Å²) in [5, 5.41) is 7.52. The second-order valence-electron chi connectivity index (χ2n) is 5.76. The summed E-state index contributed by atoms with van der Waals surface area (Å²) in [5.74, 6) is 1.07. The molecule has 0 bridgehead atoms. The van der Waals surface area contributed by atoms with Gasteiger partial charge in [0.1, 0.15) is 0 Å². The lowest BCUT2D eigenvalue weighted by atomic mass is 9.87. The molecule has 0 aromatic carbocycles. The zero-order valence-electron chi connectivity index (χ0n) is 12.1. The first-order valence-corrected chi connectivity index (χ1v) is 7.43.